The van der Waals surface area contributed by atoms with Crippen LogP contribution in [0.25, 0.3) is 0 Å². The molecule has 0 radical (unpaired) electrons. The minimum Gasteiger partial charge on any atom is -0.589 e. The van der Waals surface area contributed by atoms with Gasteiger partial charge in [0.15, 0.2) is 0 Å². The Morgan fingerprint density at radius 3 is 0.663 bits per heavy atom. The summed E-state index contributed by atoms with van der Waals surface area (Å²) in [4.78, 5) is 22.1. The molecule has 2 saturated carbocycles. The number of rotatable bonds is 2. The summed E-state index contributed by atoms with van der Waals surface area (Å²) in [5.74, 6) is 2.83. The van der Waals surface area contributed by atoms with E-state index in [-0.39, 0.29) is 67.5 Å². The molecule has 0 aromatic heterocycles. The van der Waals surface area contributed by atoms with Gasteiger partial charge in [0.05, 0.1) is 47.2 Å². The highest BCUT2D eigenvalue weighted by Gasteiger charge is 2.56. The third kappa shape index (κ3) is 15.5. The predicted octanol–water partition coefficient (Wildman–Crippen LogP) is 18.0. The van der Waals surface area contributed by atoms with Gasteiger partial charge in [-0.1, -0.05) is 216 Å². The van der Waals surface area contributed by atoms with Crippen molar-refractivity contribution in [2.75, 3.05) is 0 Å². The van der Waals surface area contributed by atoms with E-state index in [9.17, 15) is 0 Å². The van der Waals surface area contributed by atoms with Gasteiger partial charge in [0.25, 0.3) is 0 Å². The Morgan fingerprint density at radius 1 is 0.301 bits per heavy atom. The van der Waals surface area contributed by atoms with Crippen molar-refractivity contribution >= 4 is 55.2 Å². The Bertz CT molecular complexity index is 2720. The average molecular weight is 1160 g/mol. The van der Waals surface area contributed by atoms with E-state index in [4.69, 9.17) is 38.0 Å². The minimum atomic E-state index is -3.60. The van der Waals surface area contributed by atoms with Crippen LogP contribution in [-0.2, 0) is 46.2 Å². The van der Waals surface area contributed by atoms with E-state index in [1.165, 1.54) is 22.3 Å². The van der Waals surface area contributed by atoms with Crippen molar-refractivity contribution in [1.29, 1.82) is 0 Å². The van der Waals surface area contributed by atoms with Gasteiger partial charge < -0.3 is 18.0 Å². The van der Waals surface area contributed by atoms with Crippen LogP contribution in [0.15, 0.2) is 68.5 Å². The van der Waals surface area contributed by atoms with Crippen molar-refractivity contribution < 1.29 is 18.0 Å². The fourth-order valence-corrected chi connectivity index (χ4v) is 15.2. The molecule has 4 atom stereocenters. The van der Waals surface area contributed by atoms with Crippen LogP contribution >= 0.6 is 0 Å². The maximum atomic E-state index is 7.89. The van der Waals surface area contributed by atoms with Crippen LogP contribution in [0.4, 0.5) is 0 Å². The summed E-state index contributed by atoms with van der Waals surface area (Å²) in [6, 6.07) is 18.5. The second-order valence-corrected chi connectivity index (χ2v) is 36.1. The first-order valence-corrected chi connectivity index (χ1v) is 34.2. The summed E-state index contributed by atoms with van der Waals surface area (Å²) in [6.45, 7) is 54.6. The van der Waals surface area contributed by atoms with Crippen LogP contribution in [0.2, 0.25) is 0 Å². The molecule has 0 N–H and O–H groups in total. The molecule has 0 saturated heterocycles. The number of aliphatic imine (C=N–C) groups is 4. The van der Waals surface area contributed by atoms with E-state index in [1.807, 2.05) is 0 Å². The van der Waals surface area contributed by atoms with Crippen LogP contribution in [0, 0.1) is 0 Å². The minimum absolute atomic E-state index is 0.00365. The van der Waals surface area contributed by atoms with Gasteiger partial charge in [-0.2, -0.15) is 0 Å². The maximum absolute atomic E-state index is 7.89. The molecule has 2 heterocycles. The molecule has 2 unspecified atom stereocenters. The first-order valence-electron chi connectivity index (χ1n) is 31.4. The van der Waals surface area contributed by atoms with Gasteiger partial charge in [-0.15, -0.1) is 0 Å². The molecule has 4 aromatic carbocycles. The second kappa shape index (κ2) is 23.8. The van der Waals surface area contributed by atoms with Gasteiger partial charge in [-0.05, 0) is 138 Å². The monoisotopic (exact) mass is 1160 g/mol. The van der Waals surface area contributed by atoms with E-state index in [1.54, 1.807) is 0 Å². The smallest absolute Gasteiger partial charge is 0.589 e. The number of fused-ring (bicyclic) bond motifs is 6. The maximum Gasteiger partial charge on any atom is 1.07 e. The molecule has 9 nitrogen and oxygen atoms in total. The summed E-state index contributed by atoms with van der Waals surface area (Å²) in [7, 11) is 0. The Morgan fingerprint density at radius 2 is 0.494 bits per heavy atom. The lowest BCUT2D eigenvalue weighted by atomic mass is 9.79. The molecule has 0 spiro atoms. The molecule has 2 aliphatic carbocycles. The van der Waals surface area contributed by atoms with Crippen molar-refractivity contribution in [3.63, 3.8) is 0 Å². The second-order valence-electron chi connectivity index (χ2n) is 32.9. The molecular formula is C72H104Al2N4O5. The molecule has 11 heteroatoms. The highest BCUT2D eigenvalue weighted by atomic mass is 27.3. The van der Waals surface area contributed by atoms with Crippen molar-refractivity contribution in [2.24, 2.45) is 20.0 Å². The zero-order chi connectivity index (χ0) is 61.2. The molecular weight excluding hydrogens is 1050 g/mol. The third-order valence-electron chi connectivity index (χ3n) is 17.3. The lowest BCUT2D eigenvalue weighted by molar-refractivity contribution is 0.231. The standard InChI is InChI=1S/2C36H54N2O2.2Al.O/c2*1-33(2,3)25-17-23(31(39)27(19-25)35(7,8)9)21-37-29-15-13-14-16-30(29)38-22-24-18-26(34(4,5)6)20-28(32(24)40)36(10,11)12;;;/h2*17-22,29-30,39-40H,13-16H2,1-12H3;;;/q;;2*+2;/p-4/t2*29-,30?;;;/m00.../s1. The summed E-state index contributed by atoms with van der Waals surface area (Å²) in [6.07, 6.45) is 16.6. The van der Waals surface area contributed by atoms with E-state index in [0.29, 0.717) is 23.0 Å². The van der Waals surface area contributed by atoms with Crippen molar-refractivity contribution in [3.05, 3.63) is 115 Å². The topological polar surface area (TPSA) is 95.6 Å². The van der Waals surface area contributed by atoms with Gasteiger partial charge >= 0.3 is 30.3 Å². The quantitative estimate of drug-likeness (QED) is 0.186. The van der Waals surface area contributed by atoms with Gasteiger partial charge in [-0.3, -0.25) is 20.0 Å². The first-order chi connectivity index (χ1) is 38.2. The molecule has 2 fully saturated rings. The fourth-order valence-electron chi connectivity index (χ4n) is 11.7. The number of hydrogen-bond acceptors (Lipinski definition) is 9. The third-order valence-corrected chi connectivity index (χ3v) is 20.7. The lowest BCUT2D eigenvalue weighted by Gasteiger charge is -2.33. The number of nitrogens with zero attached hydrogens (tertiary/aromatic N) is 4. The first kappa shape index (κ1) is 64.8. The Hall–Kier alpha value is -4.22. The van der Waals surface area contributed by atoms with E-state index >= 15 is 0 Å². The van der Waals surface area contributed by atoms with E-state index < -0.39 is 30.3 Å². The van der Waals surface area contributed by atoms with Gasteiger partial charge in [0, 0.05) is 47.1 Å². The predicted molar refractivity (Wildman–Crippen MR) is 353 cm³/mol. The molecule has 4 aromatic rings. The zero-order valence-electron chi connectivity index (χ0n) is 55.9. The normalized spacial score (nSPS) is 20.6. The molecule has 8 rings (SSSR count). The summed E-state index contributed by atoms with van der Waals surface area (Å²) < 4.78 is 39.2. The van der Waals surface area contributed by atoms with Crippen molar-refractivity contribution in [1.82, 2.24) is 0 Å². The van der Waals surface area contributed by atoms with Gasteiger partial charge in [0.1, 0.15) is 0 Å². The molecule has 448 valence electrons. The largest absolute Gasteiger partial charge is 1.07 e. The zero-order valence-corrected chi connectivity index (χ0v) is 58.2. The van der Waals surface area contributed by atoms with Crippen LogP contribution < -0.4 is 15.2 Å². The van der Waals surface area contributed by atoms with Crippen molar-refractivity contribution in [2.45, 2.75) is 285 Å². The van der Waals surface area contributed by atoms with E-state index in [0.717, 1.165) is 95.9 Å². The van der Waals surface area contributed by atoms with Crippen LogP contribution in [0.3, 0.4) is 0 Å². The summed E-state index contributed by atoms with van der Waals surface area (Å²) >= 11 is -7.21. The fraction of sp³-hybridized carbons (Fsp3) is 0.611. The van der Waals surface area contributed by atoms with Crippen LogP contribution in [0.1, 0.15) is 284 Å². The molecule has 2 aliphatic heterocycles. The Kier molecular flexibility index (Phi) is 18.6. The Balaban J connectivity index is 1.49. The highest BCUT2D eigenvalue weighted by Crippen LogP contribution is 2.45. The molecule has 0 bridgehead atoms. The lowest BCUT2D eigenvalue weighted by Crippen LogP contribution is -2.47. The molecule has 83 heavy (non-hydrogen) atoms. The van der Waals surface area contributed by atoms with Crippen molar-refractivity contribution in [3.8, 4) is 23.0 Å². The summed E-state index contributed by atoms with van der Waals surface area (Å²) in [5.41, 5.74) is 10.5. The van der Waals surface area contributed by atoms with Crippen LogP contribution in [-0.4, -0.2) is 79.3 Å². The molecule has 0 amide bonds. The van der Waals surface area contributed by atoms with E-state index in [2.05, 4.69) is 240 Å². The summed E-state index contributed by atoms with van der Waals surface area (Å²) in [5, 5.41) is 0. The average Bonchev–Trinajstić information content (AvgIpc) is 3.59. The Labute approximate surface area is 513 Å². The SMILES string of the molecule is CC(C)(C)c1cc2c(c(C(C)(C)C)c1)[O][Al]([O][Al]1[O]c3c(cc(C(C)(C)C)cc3C(C)(C)C)C=NC3CCCC[C@@H]3N=Cc3cc(C(C)(C)C)cc(C(C)(C)C)c3[O]1)[O]c1c(cc(C(C)(C)C)cc1C(C)(C)C)C=N[C@H]1CCCCC1N=C2. The van der Waals surface area contributed by atoms with Gasteiger partial charge in [-0.25, -0.2) is 0 Å². The number of hydrogen-bond donors (Lipinski definition) is 0. The number of benzene rings is 4. The molecule has 4 aliphatic rings. The van der Waals surface area contributed by atoms with Gasteiger partial charge in [0.2, 0.25) is 0 Å². The van der Waals surface area contributed by atoms with Crippen LogP contribution in [0.5, 0.6) is 23.0 Å². The highest BCUT2D eigenvalue weighted by molar-refractivity contribution is 6.54.